The van der Waals surface area contributed by atoms with Crippen LogP contribution in [0.15, 0.2) is 54.3 Å². The number of aryl methyl sites for hydroxylation is 3. The van der Waals surface area contributed by atoms with Crippen LogP contribution < -0.4 is 9.64 Å². The van der Waals surface area contributed by atoms with Crippen molar-refractivity contribution in [2.45, 2.75) is 39.8 Å². The maximum atomic E-state index is 13.1. The summed E-state index contributed by atoms with van der Waals surface area (Å²) in [5.41, 5.74) is 6.52. The van der Waals surface area contributed by atoms with Crippen LogP contribution in [0.4, 0.5) is 5.13 Å². The van der Waals surface area contributed by atoms with E-state index in [0.29, 0.717) is 18.7 Å². The molecule has 1 aliphatic carbocycles. The molecular formula is C33H37N5O4S. The normalized spacial score (nSPS) is 19.4. The third-order valence-electron chi connectivity index (χ3n) is 8.93. The molecule has 1 unspecified atom stereocenters. The molecule has 3 atom stereocenters. The van der Waals surface area contributed by atoms with Crippen molar-refractivity contribution in [1.29, 1.82) is 0 Å². The van der Waals surface area contributed by atoms with Crippen LogP contribution in [0.2, 0.25) is 0 Å². The quantitative estimate of drug-likeness (QED) is 0.269. The minimum atomic E-state index is -0.655. The summed E-state index contributed by atoms with van der Waals surface area (Å²) in [6.07, 6.45) is 5.45. The van der Waals surface area contributed by atoms with E-state index >= 15 is 0 Å². The van der Waals surface area contributed by atoms with Gasteiger partial charge in [0.1, 0.15) is 12.4 Å². The average molecular weight is 600 g/mol. The Kier molecular flexibility index (Phi) is 7.96. The van der Waals surface area contributed by atoms with Gasteiger partial charge in [-0.1, -0.05) is 17.7 Å². The standard InChI is InChI=1S/C33H37N5O4S/c1-20-5-10-29(27(11-20)28-18-43-33(35-28)38-14-23-7-8-24(15-38)30(23)32(40)41)42-17-25-9-6-22(12-21(25)2)31(39)36(3)16-26-13-34-19-37(26)4/h5-6,9-13,18-19,23-24,30H,7-8,14-17H2,1-4H3,(H,40,41)/t23-,24?,30+/m1/s1. The fourth-order valence-corrected chi connectivity index (χ4v) is 7.35. The van der Waals surface area contributed by atoms with Crippen molar-refractivity contribution in [3.63, 3.8) is 0 Å². The molecule has 4 aromatic rings. The number of imidazole rings is 1. The van der Waals surface area contributed by atoms with Crippen LogP contribution in [-0.4, -0.2) is 56.6 Å². The fourth-order valence-electron chi connectivity index (χ4n) is 6.50. The summed E-state index contributed by atoms with van der Waals surface area (Å²) in [5, 5.41) is 12.7. The van der Waals surface area contributed by atoms with Crippen molar-refractivity contribution in [2.24, 2.45) is 24.8 Å². The first kappa shape index (κ1) is 28.9. The lowest BCUT2D eigenvalue weighted by atomic mass is 9.85. The zero-order valence-corrected chi connectivity index (χ0v) is 25.8. The molecule has 1 amide bonds. The number of piperidine rings is 1. The third kappa shape index (κ3) is 5.88. The zero-order chi connectivity index (χ0) is 30.2. The minimum absolute atomic E-state index is 0.0443. The van der Waals surface area contributed by atoms with Crippen LogP contribution in [0.25, 0.3) is 11.3 Å². The second-order valence-electron chi connectivity index (χ2n) is 12.0. The molecule has 2 fully saturated rings. The van der Waals surface area contributed by atoms with Gasteiger partial charge in [0.05, 0.1) is 30.2 Å². The van der Waals surface area contributed by atoms with E-state index in [-0.39, 0.29) is 23.7 Å². The highest BCUT2D eigenvalue weighted by atomic mass is 32.1. The number of carboxylic acids is 1. The molecule has 2 aromatic heterocycles. The lowest BCUT2D eigenvalue weighted by Gasteiger charge is -2.35. The van der Waals surface area contributed by atoms with Gasteiger partial charge in [-0.15, -0.1) is 11.3 Å². The van der Waals surface area contributed by atoms with Gasteiger partial charge in [0, 0.05) is 49.9 Å². The highest BCUT2D eigenvalue weighted by Gasteiger charge is 2.46. The predicted molar refractivity (Wildman–Crippen MR) is 166 cm³/mol. The number of aromatic nitrogens is 3. The largest absolute Gasteiger partial charge is 0.488 e. The predicted octanol–water partition coefficient (Wildman–Crippen LogP) is 5.56. The van der Waals surface area contributed by atoms with Crippen molar-refractivity contribution in [3.8, 4) is 17.0 Å². The monoisotopic (exact) mass is 599 g/mol. The van der Waals surface area contributed by atoms with Gasteiger partial charge in [-0.2, -0.15) is 0 Å². The Morgan fingerprint density at radius 3 is 2.56 bits per heavy atom. The molecule has 10 heteroatoms. The maximum absolute atomic E-state index is 13.1. The van der Waals surface area contributed by atoms with Gasteiger partial charge in [0.2, 0.25) is 0 Å². The van der Waals surface area contributed by atoms with Crippen molar-refractivity contribution in [3.05, 3.63) is 82.3 Å². The first-order chi connectivity index (χ1) is 20.7. The van der Waals surface area contributed by atoms with Crippen LogP contribution >= 0.6 is 11.3 Å². The summed E-state index contributed by atoms with van der Waals surface area (Å²) >= 11 is 1.60. The van der Waals surface area contributed by atoms with Gasteiger partial charge < -0.3 is 24.2 Å². The molecule has 0 radical (unpaired) electrons. The number of ether oxygens (including phenoxy) is 1. The number of fused-ring (bicyclic) bond motifs is 2. The number of carboxylic acid groups (broad SMARTS) is 1. The van der Waals surface area contributed by atoms with Gasteiger partial charge in [0.15, 0.2) is 5.13 Å². The molecule has 224 valence electrons. The molecule has 1 aliphatic heterocycles. The SMILES string of the molecule is Cc1ccc(OCc2ccc(C(=O)N(C)Cc3cncn3C)cc2C)c(-c2csc(N3CC4CC[C@H](C3)[C@@H]4C(=O)O)n2)c1. The van der Waals surface area contributed by atoms with Crippen molar-refractivity contribution in [1.82, 2.24) is 19.4 Å². The average Bonchev–Trinajstić information content (AvgIpc) is 3.70. The first-order valence-corrected chi connectivity index (χ1v) is 15.5. The van der Waals surface area contributed by atoms with E-state index in [0.717, 1.165) is 70.5 Å². The maximum Gasteiger partial charge on any atom is 0.307 e. The van der Waals surface area contributed by atoms with Crippen LogP contribution in [-0.2, 0) is 25.0 Å². The number of carbonyl (C=O) groups excluding carboxylic acids is 1. The Bertz CT molecular complexity index is 1650. The highest BCUT2D eigenvalue weighted by Crippen LogP contribution is 2.44. The summed E-state index contributed by atoms with van der Waals surface area (Å²) in [4.78, 5) is 38.0. The van der Waals surface area contributed by atoms with E-state index in [2.05, 4.69) is 28.3 Å². The number of nitrogens with zero attached hydrogens (tertiary/aromatic N) is 5. The number of hydrogen-bond acceptors (Lipinski definition) is 7. The molecular weight excluding hydrogens is 562 g/mol. The van der Waals surface area contributed by atoms with E-state index in [4.69, 9.17) is 9.72 Å². The molecule has 9 nitrogen and oxygen atoms in total. The smallest absolute Gasteiger partial charge is 0.307 e. The Hall–Kier alpha value is -4.18. The number of aliphatic carboxylic acids is 1. The van der Waals surface area contributed by atoms with E-state index < -0.39 is 5.97 Å². The first-order valence-electron chi connectivity index (χ1n) is 14.6. The number of rotatable bonds is 9. The molecule has 3 heterocycles. The molecule has 2 aliphatic rings. The lowest BCUT2D eigenvalue weighted by Crippen LogP contribution is -2.44. The summed E-state index contributed by atoms with van der Waals surface area (Å²) in [6.45, 7) is 6.39. The molecule has 1 saturated carbocycles. The number of amides is 1. The van der Waals surface area contributed by atoms with Gasteiger partial charge in [-0.3, -0.25) is 9.59 Å². The Labute approximate surface area is 255 Å². The molecule has 2 aromatic carbocycles. The molecule has 1 saturated heterocycles. The summed E-state index contributed by atoms with van der Waals surface area (Å²) in [7, 11) is 3.72. The summed E-state index contributed by atoms with van der Waals surface area (Å²) < 4.78 is 8.28. The summed E-state index contributed by atoms with van der Waals surface area (Å²) in [6, 6.07) is 11.9. The van der Waals surface area contributed by atoms with Crippen LogP contribution in [0.1, 0.15) is 45.6 Å². The molecule has 43 heavy (non-hydrogen) atoms. The zero-order valence-electron chi connectivity index (χ0n) is 25.0. The highest BCUT2D eigenvalue weighted by molar-refractivity contribution is 7.14. The topological polar surface area (TPSA) is 101 Å². The number of anilines is 1. The van der Waals surface area contributed by atoms with Crippen LogP contribution in [0, 0.1) is 31.6 Å². The number of benzene rings is 2. The van der Waals surface area contributed by atoms with Gasteiger partial charge in [-0.25, -0.2) is 9.97 Å². The second-order valence-corrected chi connectivity index (χ2v) is 12.8. The molecule has 2 bridgehead atoms. The molecule has 0 spiro atoms. The second kappa shape index (κ2) is 11.8. The Morgan fingerprint density at radius 1 is 1.12 bits per heavy atom. The number of carbonyl (C=O) groups is 2. The number of hydrogen-bond donors (Lipinski definition) is 1. The Morgan fingerprint density at radius 2 is 1.88 bits per heavy atom. The Balaban J connectivity index is 1.14. The molecule has 1 N–H and O–H groups in total. The summed E-state index contributed by atoms with van der Waals surface area (Å²) in [5.74, 6) is 0.203. The van der Waals surface area contributed by atoms with E-state index in [1.54, 1.807) is 35.8 Å². The van der Waals surface area contributed by atoms with Crippen LogP contribution in [0.3, 0.4) is 0 Å². The van der Waals surface area contributed by atoms with Gasteiger partial charge in [0.25, 0.3) is 5.91 Å². The molecule has 6 rings (SSSR count). The van der Waals surface area contributed by atoms with E-state index in [1.165, 1.54) is 0 Å². The van der Waals surface area contributed by atoms with Crippen LogP contribution in [0.5, 0.6) is 5.75 Å². The van der Waals surface area contributed by atoms with Crippen molar-refractivity contribution in [2.75, 3.05) is 25.0 Å². The number of thiazole rings is 1. The van der Waals surface area contributed by atoms with E-state index in [9.17, 15) is 14.7 Å². The third-order valence-corrected chi connectivity index (χ3v) is 9.83. The van der Waals surface area contributed by atoms with Crippen molar-refractivity contribution >= 4 is 28.3 Å². The van der Waals surface area contributed by atoms with E-state index in [1.807, 2.05) is 48.9 Å². The van der Waals surface area contributed by atoms with Gasteiger partial charge >= 0.3 is 5.97 Å². The lowest BCUT2D eigenvalue weighted by molar-refractivity contribution is -0.144. The minimum Gasteiger partial charge on any atom is -0.488 e. The van der Waals surface area contributed by atoms with Crippen molar-refractivity contribution < 1.29 is 19.4 Å². The fraction of sp³-hybridized carbons (Fsp3) is 0.394. The van der Waals surface area contributed by atoms with Gasteiger partial charge in [-0.05, 0) is 73.9 Å².